The summed E-state index contributed by atoms with van der Waals surface area (Å²) < 4.78 is 0. The second kappa shape index (κ2) is 5.62. The van der Waals surface area contributed by atoms with Crippen LogP contribution in [0.25, 0.3) is 0 Å². The largest absolute Gasteiger partial charge is 0.299 e. The lowest BCUT2D eigenvalue weighted by Gasteiger charge is -2.57. The van der Waals surface area contributed by atoms with E-state index in [0.29, 0.717) is 30.0 Å². The normalized spacial score (nSPS) is 48.8. The van der Waals surface area contributed by atoms with Crippen LogP contribution in [0.15, 0.2) is 29.5 Å². The van der Waals surface area contributed by atoms with Gasteiger partial charge < -0.3 is 0 Å². The van der Waals surface area contributed by atoms with Crippen molar-refractivity contribution in [2.75, 3.05) is 0 Å². The van der Waals surface area contributed by atoms with Gasteiger partial charge in [0.1, 0.15) is 11.3 Å². The van der Waals surface area contributed by atoms with Crippen molar-refractivity contribution in [1.29, 1.82) is 0 Å². The molecule has 0 spiro atoms. The Kier molecular flexibility index (Phi) is 3.86. The number of allylic oxidation sites excluding steroid dienone is 1. The van der Waals surface area contributed by atoms with E-state index in [1.807, 2.05) is 6.08 Å². The van der Waals surface area contributed by atoms with Crippen molar-refractivity contribution >= 4 is 5.78 Å². The summed E-state index contributed by atoms with van der Waals surface area (Å²) in [6, 6.07) is 0. The molecule has 0 aromatic rings. The number of ketones is 1. The fourth-order valence-corrected chi connectivity index (χ4v) is 7.04. The van der Waals surface area contributed by atoms with Crippen molar-refractivity contribution in [3.05, 3.63) is 29.2 Å². The quantitative estimate of drug-likeness (QED) is 0.495. The van der Waals surface area contributed by atoms with Crippen LogP contribution in [0.1, 0.15) is 71.6 Å². The predicted octanol–water partition coefficient (Wildman–Crippen LogP) is 5.60. The Hall–Kier alpha value is -1.25. The first-order chi connectivity index (χ1) is 11.9. The minimum absolute atomic E-state index is 0.0610. The van der Waals surface area contributed by atoms with E-state index >= 15 is 0 Å². The molecule has 0 bridgehead atoms. The van der Waals surface area contributed by atoms with Gasteiger partial charge in [0.25, 0.3) is 0 Å². The summed E-state index contributed by atoms with van der Waals surface area (Å²) in [6.07, 6.45) is 12.9. The van der Waals surface area contributed by atoms with Gasteiger partial charge in [0.2, 0.25) is 0 Å². The maximum Gasteiger partial charge on any atom is 0.139 e. The molecule has 0 amide bonds. The molecular formula is C22H31NO2. The monoisotopic (exact) mass is 341 g/mol. The van der Waals surface area contributed by atoms with Crippen LogP contribution < -0.4 is 0 Å². The van der Waals surface area contributed by atoms with Crippen LogP contribution in [0, 0.1) is 33.5 Å². The Morgan fingerprint density at radius 3 is 2.68 bits per heavy atom. The van der Waals surface area contributed by atoms with Crippen molar-refractivity contribution in [2.45, 2.75) is 77.2 Å². The number of nitroso groups, excluding NO2 is 1. The Balaban J connectivity index is 1.66. The van der Waals surface area contributed by atoms with Crippen molar-refractivity contribution < 1.29 is 4.79 Å². The molecule has 3 saturated carbocycles. The summed E-state index contributed by atoms with van der Waals surface area (Å²) in [7, 11) is 0. The van der Waals surface area contributed by atoms with Crippen LogP contribution in [0.2, 0.25) is 0 Å². The van der Waals surface area contributed by atoms with Gasteiger partial charge in [-0.1, -0.05) is 36.7 Å². The van der Waals surface area contributed by atoms with Gasteiger partial charge in [-0.3, -0.25) is 4.79 Å². The molecule has 6 unspecified atom stereocenters. The molecule has 0 radical (unpaired) electrons. The molecule has 0 heterocycles. The number of carbonyl (C=O) groups excluding carboxylic acids is 1. The lowest BCUT2D eigenvalue weighted by Crippen LogP contribution is -2.51. The van der Waals surface area contributed by atoms with Crippen LogP contribution in [-0.2, 0) is 4.79 Å². The van der Waals surface area contributed by atoms with Crippen molar-refractivity contribution in [3.8, 4) is 0 Å². The van der Waals surface area contributed by atoms with Crippen LogP contribution in [0.3, 0.4) is 0 Å². The summed E-state index contributed by atoms with van der Waals surface area (Å²) in [5.74, 6) is 2.40. The van der Waals surface area contributed by atoms with Gasteiger partial charge in [0, 0.05) is 11.8 Å². The second-order valence-electron chi connectivity index (χ2n) is 9.66. The highest BCUT2D eigenvalue weighted by atomic mass is 16.3. The van der Waals surface area contributed by atoms with E-state index in [1.54, 1.807) is 0 Å². The van der Waals surface area contributed by atoms with Gasteiger partial charge >= 0.3 is 0 Å². The molecule has 0 N–H and O–H groups in total. The topological polar surface area (TPSA) is 46.5 Å². The highest BCUT2D eigenvalue weighted by Crippen LogP contribution is 2.65. The smallest absolute Gasteiger partial charge is 0.139 e. The molecular weight excluding hydrogens is 310 g/mol. The standard InChI is InChI=1S/C22H31NO2/c1-4-10-22(23-25)13-12-20(2)15(14-22)5-6-16-17-7-8-19(24)21(17,3)11-9-18(16)20/h4-5,16-18H,1,6-14H2,2-3H3. The van der Waals surface area contributed by atoms with E-state index < -0.39 is 5.54 Å². The maximum atomic E-state index is 12.5. The van der Waals surface area contributed by atoms with E-state index in [2.05, 4.69) is 31.7 Å². The summed E-state index contributed by atoms with van der Waals surface area (Å²) in [5, 5.41) is 3.56. The molecule has 3 heteroatoms. The Morgan fingerprint density at radius 2 is 1.96 bits per heavy atom. The van der Waals surface area contributed by atoms with Gasteiger partial charge in [-0.15, -0.1) is 6.58 Å². The first-order valence-corrected chi connectivity index (χ1v) is 10.1. The number of hydrogen-bond acceptors (Lipinski definition) is 3. The van der Waals surface area contributed by atoms with E-state index in [4.69, 9.17) is 0 Å². The first-order valence-electron chi connectivity index (χ1n) is 10.1. The van der Waals surface area contributed by atoms with Crippen molar-refractivity contribution in [3.63, 3.8) is 0 Å². The zero-order valence-electron chi connectivity index (χ0n) is 15.7. The SMILES string of the molecule is C=CCC1(N=O)CCC2(C)C(=CCC3C4CCC(=O)C4(C)CCC32)C1. The van der Waals surface area contributed by atoms with Gasteiger partial charge in [-0.05, 0) is 74.5 Å². The average Bonchev–Trinajstić information content (AvgIpc) is 2.91. The highest BCUT2D eigenvalue weighted by molar-refractivity contribution is 5.87. The Morgan fingerprint density at radius 1 is 1.20 bits per heavy atom. The Bertz CT molecular complexity index is 652. The molecule has 0 aromatic heterocycles. The predicted molar refractivity (Wildman–Crippen MR) is 100 cm³/mol. The summed E-state index contributed by atoms with van der Waals surface area (Å²) in [4.78, 5) is 24.1. The number of hydrogen-bond donors (Lipinski definition) is 0. The van der Waals surface area contributed by atoms with E-state index in [1.165, 1.54) is 12.0 Å². The summed E-state index contributed by atoms with van der Waals surface area (Å²) >= 11 is 0. The molecule has 4 rings (SSSR count). The minimum Gasteiger partial charge on any atom is -0.299 e. The molecule has 3 nitrogen and oxygen atoms in total. The van der Waals surface area contributed by atoms with Crippen LogP contribution in [-0.4, -0.2) is 11.3 Å². The fourth-order valence-electron chi connectivity index (χ4n) is 7.04. The molecule has 4 aliphatic rings. The molecule has 0 aromatic carbocycles. The Labute approximate surface area is 151 Å². The highest BCUT2D eigenvalue weighted by Gasteiger charge is 2.59. The lowest BCUT2D eigenvalue weighted by atomic mass is 9.47. The molecule has 136 valence electrons. The van der Waals surface area contributed by atoms with Crippen LogP contribution in [0.4, 0.5) is 0 Å². The van der Waals surface area contributed by atoms with E-state index in [0.717, 1.165) is 44.9 Å². The second-order valence-corrected chi connectivity index (χ2v) is 9.66. The third-order valence-electron chi connectivity index (χ3n) is 8.68. The number of fused-ring (bicyclic) bond motifs is 5. The third kappa shape index (κ3) is 2.27. The number of nitrogens with zero attached hydrogens (tertiary/aromatic N) is 1. The minimum atomic E-state index is -0.466. The zero-order valence-corrected chi connectivity index (χ0v) is 15.7. The molecule has 0 saturated heterocycles. The molecule has 25 heavy (non-hydrogen) atoms. The summed E-state index contributed by atoms with van der Waals surface area (Å²) in [5.41, 5.74) is 1.14. The van der Waals surface area contributed by atoms with Crippen LogP contribution >= 0.6 is 0 Å². The van der Waals surface area contributed by atoms with E-state index in [-0.39, 0.29) is 10.8 Å². The fraction of sp³-hybridized carbons (Fsp3) is 0.773. The van der Waals surface area contributed by atoms with Gasteiger partial charge in [0.15, 0.2) is 0 Å². The maximum absolute atomic E-state index is 12.5. The first kappa shape index (κ1) is 17.2. The van der Waals surface area contributed by atoms with Gasteiger partial charge in [-0.2, -0.15) is 4.91 Å². The number of Topliss-reactive ketones (excluding diaryl/α,β-unsaturated/α-hetero) is 1. The molecule has 4 aliphatic carbocycles. The van der Waals surface area contributed by atoms with Crippen molar-refractivity contribution in [1.82, 2.24) is 0 Å². The molecule has 0 aliphatic heterocycles. The van der Waals surface area contributed by atoms with Gasteiger partial charge in [-0.25, -0.2) is 0 Å². The van der Waals surface area contributed by atoms with Gasteiger partial charge in [0.05, 0.1) is 0 Å². The van der Waals surface area contributed by atoms with Crippen molar-refractivity contribution in [2.24, 2.45) is 33.8 Å². The number of rotatable bonds is 3. The third-order valence-corrected chi connectivity index (χ3v) is 8.68. The molecule has 6 atom stereocenters. The summed E-state index contributed by atoms with van der Waals surface area (Å²) in [6.45, 7) is 8.50. The zero-order chi connectivity index (χ0) is 17.9. The van der Waals surface area contributed by atoms with Crippen LogP contribution in [0.5, 0.6) is 0 Å². The number of carbonyl (C=O) groups is 1. The lowest BCUT2D eigenvalue weighted by molar-refractivity contribution is -0.131. The average molecular weight is 341 g/mol. The van der Waals surface area contributed by atoms with E-state index in [9.17, 15) is 9.70 Å². The molecule has 3 fully saturated rings.